The van der Waals surface area contributed by atoms with Gasteiger partial charge in [-0.2, -0.15) is 13.2 Å². The maximum absolute atomic E-state index is 12.7. The fraction of sp³-hybridized carbons (Fsp3) is 0.455. The van der Waals surface area contributed by atoms with Crippen LogP contribution >= 0.6 is 0 Å². The third-order valence-electron chi connectivity index (χ3n) is 2.87. The van der Waals surface area contributed by atoms with Crippen molar-refractivity contribution in [2.75, 3.05) is 13.7 Å². The average molecular weight is 246 g/mol. The minimum atomic E-state index is -4.36. The molecule has 0 atom stereocenters. The molecular formula is C11H13F3N2O. The number of halogens is 3. The van der Waals surface area contributed by atoms with Crippen molar-refractivity contribution in [3.05, 3.63) is 28.8 Å². The van der Waals surface area contributed by atoms with E-state index in [1.165, 1.54) is 12.1 Å². The molecule has 1 aliphatic rings. The molecule has 0 saturated heterocycles. The van der Waals surface area contributed by atoms with Crippen molar-refractivity contribution in [1.29, 1.82) is 0 Å². The lowest BCUT2D eigenvalue weighted by atomic mass is 9.96. The molecule has 1 aromatic rings. The van der Waals surface area contributed by atoms with Gasteiger partial charge in [-0.25, -0.2) is 5.01 Å². The molecule has 17 heavy (non-hydrogen) atoms. The second kappa shape index (κ2) is 4.19. The minimum absolute atomic E-state index is 0.294. The summed E-state index contributed by atoms with van der Waals surface area (Å²) in [5, 5.41) is 1.50. The molecule has 0 spiro atoms. The Morgan fingerprint density at radius 3 is 2.65 bits per heavy atom. The van der Waals surface area contributed by atoms with Crippen LogP contribution in [0.2, 0.25) is 0 Å². The van der Waals surface area contributed by atoms with Gasteiger partial charge in [-0.15, -0.1) is 0 Å². The molecule has 6 heteroatoms. The molecule has 2 N–H and O–H groups in total. The Bertz CT molecular complexity index is 431. The molecule has 0 fully saturated rings. The van der Waals surface area contributed by atoms with Gasteiger partial charge < -0.3 is 4.74 Å². The van der Waals surface area contributed by atoms with Crippen molar-refractivity contribution in [3.8, 4) is 5.75 Å². The van der Waals surface area contributed by atoms with Gasteiger partial charge in [0.15, 0.2) is 0 Å². The van der Waals surface area contributed by atoms with Crippen LogP contribution in [0.5, 0.6) is 5.75 Å². The zero-order valence-corrected chi connectivity index (χ0v) is 9.34. The fourth-order valence-corrected chi connectivity index (χ4v) is 2.03. The van der Waals surface area contributed by atoms with Crippen molar-refractivity contribution < 1.29 is 17.9 Å². The summed E-state index contributed by atoms with van der Waals surface area (Å²) in [4.78, 5) is 0. The molecule has 3 nitrogen and oxygen atoms in total. The number of rotatable bonds is 1. The molecule has 1 aliphatic heterocycles. The predicted molar refractivity (Wildman–Crippen MR) is 56.3 cm³/mol. The summed E-state index contributed by atoms with van der Waals surface area (Å²) < 4.78 is 43.0. The number of hydrogen-bond acceptors (Lipinski definition) is 3. The van der Waals surface area contributed by atoms with Crippen LogP contribution in [0.3, 0.4) is 0 Å². The Morgan fingerprint density at radius 2 is 2.06 bits per heavy atom. The molecular weight excluding hydrogens is 233 g/mol. The summed E-state index contributed by atoms with van der Waals surface area (Å²) >= 11 is 0. The number of alkyl halides is 3. The summed E-state index contributed by atoms with van der Waals surface area (Å²) in [6, 6.07) is 2.20. The van der Waals surface area contributed by atoms with Gasteiger partial charge in [-0.05, 0) is 24.1 Å². The number of hydrazine groups is 1. The van der Waals surface area contributed by atoms with Gasteiger partial charge >= 0.3 is 6.18 Å². The monoisotopic (exact) mass is 246 g/mol. The number of hydrogen-bond donors (Lipinski definition) is 1. The van der Waals surface area contributed by atoms with Crippen LogP contribution in [0.4, 0.5) is 13.2 Å². The Hall–Kier alpha value is -1.27. The normalized spacial score (nSPS) is 16.8. The van der Waals surface area contributed by atoms with Crippen molar-refractivity contribution in [2.45, 2.75) is 19.1 Å². The molecule has 0 radical (unpaired) electrons. The van der Waals surface area contributed by atoms with Crippen LogP contribution in [0.1, 0.15) is 16.7 Å². The van der Waals surface area contributed by atoms with Crippen LogP contribution < -0.4 is 10.6 Å². The number of fused-ring (bicyclic) bond motifs is 1. The largest absolute Gasteiger partial charge is 0.496 e. The van der Waals surface area contributed by atoms with Gasteiger partial charge in [0.1, 0.15) is 5.75 Å². The molecule has 0 saturated carbocycles. The van der Waals surface area contributed by atoms with Gasteiger partial charge in [-0.3, -0.25) is 5.84 Å². The van der Waals surface area contributed by atoms with E-state index in [1.54, 1.807) is 0 Å². The summed E-state index contributed by atoms with van der Waals surface area (Å²) in [5.41, 5.74) is 0.719. The van der Waals surface area contributed by atoms with E-state index in [9.17, 15) is 13.2 Å². The SMILES string of the molecule is COc1cc(C(F)(F)F)cc2c1CCN(N)C2. The van der Waals surface area contributed by atoms with Crippen molar-refractivity contribution in [1.82, 2.24) is 5.01 Å². The number of nitrogens with zero attached hydrogens (tertiary/aromatic N) is 1. The van der Waals surface area contributed by atoms with E-state index in [0.717, 1.165) is 17.7 Å². The molecule has 2 rings (SSSR count). The predicted octanol–water partition coefficient (Wildman–Crippen LogP) is 1.95. The van der Waals surface area contributed by atoms with Crippen LogP contribution in [-0.4, -0.2) is 18.7 Å². The highest BCUT2D eigenvalue weighted by atomic mass is 19.4. The Labute approximate surface area is 96.9 Å². The topological polar surface area (TPSA) is 38.5 Å². The standard InChI is InChI=1S/C11H13F3N2O/c1-17-10-5-8(11(12,13)14)4-7-6-16(15)3-2-9(7)10/h4-5H,2-3,6,15H2,1H3. The smallest absolute Gasteiger partial charge is 0.416 e. The molecule has 94 valence electrons. The van der Waals surface area contributed by atoms with Crippen LogP contribution in [0.15, 0.2) is 12.1 Å². The highest BCUT2D eigenvalue weighted by Crippen LogP contribution is 2.36. The van der Waals surface area contributed by atoms with E-state index in [2.05, 4.69) is 0 Å². The van der Waals surface area contributed by atoms with E-state index < -0.39 is 11.7 Å². The summed E-state index contributed by atoms with van der Waals surface area (Å²) in [7, 11) is 1.38. The maximum Gasteiger partial charge on any atom is 0.416 e. The molecule has 1 aromatic carbocycles. The summed E-state index contributed by atoms with van der Waals surface area (Å²) in [5.74, 6) is 5.91. The van der Waals surface area contributed by atoms with Crippen molar-refractivity contribution in [2.24, 2.45) is 5.84 Å². The molecule has 0 aliphatic carbocycles. The van der Waals surface area contributed by atoms with Crippen molar-refractivity contribution in [3.63, 3.8) is 0 Å². The van der Waals surface area contributed by atoms with Gasteiger partial charge in [0.2, 0.25) is 0 Å². The number of ether oxygens (including phenoxy) is 1. The first-order valence-electron chi connectivity index (χ1n) is 5.18. The third-order valence-corrected chi connectivity index (χ3v) is 2.87. The zero-order chi connectivity index (χ0) is 12.6. The lowest BCUT2D eigenvalue weighted by Crippen LogP contribution is -2.36. The minimum Gasteiger partial charge on any atom is -0.496 e. The summed E-state index contributed by atoms with van der Waals surface area (Å²) in [6.45, 7) is 0.935. The lowest BCUT2D eigenvalue weighted by molar-refractivity contribution is -0.137. The van der Waals surface area contributed by atoms with Gasteiger partial charge in [-0.1, -0.05) is 0 Å². The van der Waals surface area contributed by atoms with E-state index in [1.807, 2.05) is 0 Å². The quantitative estimate of drug-likeness (QED) is 0.770. The van der Waals surface area contributed by atoms with E-state index in [-0.39, 0.29) is 0 Å². The second-order valence-electron chi connectivity index (χ2n) is 4.03. The number of methoxy groups -OCH3 is 1. The van der Waals surface area contributed by atoms with Crippen LogP contribution in [-0.2, 0) is 19.1 Å². The fourth-order valence-electron chi connectivity index (χ4n) is 2.03. The van der Waals surface area contributed by atoms with E-state index in [4.69, 9.17) is 10.6 Å². The molecule has 0 amide bonds. The average Bonchev–Trinajstić information content (AvgIpc) is 2.25. The van der Waals surface area contributed by atoms with E-state index in [0.29, 0.717) is 30.8 Å². The number of benzene rings is 1. The Morgan fingerprint density at radius 1 is 1.35 bits per heavy atom. The molecule has 0 unspecified atom stereocenters. The highest BCUT2D eigenvalue weighted by Gasteiger charge is 2.33. The van der Waals surface area contributed by atoms with Crippen molar-refractivity contribution >= 4 is 0 Å². The van der Waals surface area contributed by atoms with Gasteiger partial charge in [0.25, 0.3) is 0 Å². The Kier molecular flexibility index (Phi) is 3.01. The zero-order valence-electron chi connectivity index (χ0n) is 9.34. The van der Waals surface area contributed by atoms with Gasteiger partial charge in [0.05, 0.1) is 12.7 Å². The highest BCUT2D eigenvalue weighted by molar-refractivity contribution is 5.46. The first kappa shape index (κ1) is 12.2. The number of nitrogens with two attached hydrogens (primary N) is 1. The molecule has 0 bridgehead atoms. The lowest BCUT2D eigenvalue weighted by Gasteiger charge is -2.27. The van der Waals surface area contributed by atoms with Gasteiger partial charge in [0, 0.05) is 18.7 Å². The first-order valence-corrected chi connectivity index (χ1v) is 5.18. The first-order chi connectivity index (χ1) is 7.91. The summed E-state index contributed by atoms with van der Waals surface area (Å²) in [6.07, 6.45) is -3.76. The Balaban J connectivity index is 2.51. The van der Waals surface area contributed by atoms with Crippen LogP contribution in [0.25, 0.3) is 0 Å². The third kappa shape index (κ3) is 2.37. The van der Waals surface area contributed by atoms with Crippen LogP contribution in [0, 0.1) is 0 Å². The maximum atomic E-state index is 12.7. The second-order valence-corrected chi connectivity index (χ2v) is 4.03. The molecule has 0 aromatic heterocycles. The molecule has 1 heterocycles. The van der Waals surface area contributed by atoms with E-state index >= 15 is 0 Å².